The fourth-order valence-electron chi connectivity index (χ4n) is 2.73. The van der Waals surface area contributed by atoms with Crippen LogP contribution >= 0.6 is 11.8 Å². The monoisotopic (exact) mass is 487 g/mol. The number of hydrogen-bond acceptors (Lipinski definition) is 8. The molecule has 0 spiro atoms. The molecule has 9 heteroatoms. The highest BCUT2D eigenvalue weighted by Crippen LogP contribution is 2.31. The molecular formula is C25H29NO7S. The molecule has 0 aliphatic carbocycles. The van der Waals surface area contributed by atoms with E-state index in [4.69, 9.17) is 14.2 Å². The molecule has 1 N–H and O–H groups in total. The van der Waals surface area contributed by atoms with Crippen LogP contribution in [0.15, 0.2) is 60.7 Å². The largest absolute Gasteiger partial charge is 0.459 e. The van der Waals surface area contributed by atoms with E-state index in [1.807, 2.05) is 30.3 Å². The Morgan fingerprint density at radius 2 is 1.47 bits per heavy atom. The van der Waals surface area contributed by atoms with E-state index in [0.717, 1.165) is 5.56 Å². The molecule has 0 fully saturated rings. The summed E-state index contributed by atoms with van der Waals surface area (Å²) in [6.07, 6.45) is 0. The Hall–Kier alpha value is -3.33. The van der Waals surface area contributed by atoms with E-state index in [-0.39, 0.29) is 18.4 Å². The van der Waals surface area contributed by atoms with Gasteiger partial charge in [-0.25, -0.2) is 14.4 Å². The van der Waals surface area contributed by atoms with Gasteiger partial charge in [0, 0.05) is 5.92 Å². The average Bonchev–Trinajstić information content (AvgIpc) is 2.81. The number of carbonyl (C=O) groups is 4. The Kier molecular flexibility index (Phi) is 10.1. The van der Waals surface area contributed by atoms with Gasteiger partial charge >= 0.3 is 17.2 Å². The molecule has 182 valence electrons. The summed E-state index contributed by atoms with van der Waals surface area (Å²) in [4.78, 5) is 49.6. The number of carbonyl (C=O) groups excluding carboxylic acids is 4. The van der Waals surface area contributed by atoms with Crippen molar-refractivity contribution in [2.24, 2.45) is 5.92 Å². The third-order valence-electron chi connectivity index (χ3n) is 4.69. The summed E-state index contributed by atoms with van der Waals surface area (Å²) in [5.41, 5.74) is 1.11. The predicted octanol–water partition coefficient (Wildman–Crippen LogP) is 4.33. The van der Waals surface area contributed by atoms with Gasteiger partial charge in [0.05, 0.1) is 10.3 Å². The van der Waals surface area contributed by atoms with Gasteiger partial charge in [0.25, 0.3) is 0 Å². The summed E-state index contributed by atoms with van der Waals surface area (Å²) >= 11 is 0.693. The second-order valence-electron chi connectivity index (χ2n) is 8.21. The minimum atomic E-state index is -1.13. The molecule has 0 bridgehead atoms. The lowest BCUT2D eigenvalue weighted by molar-refractivity contribution is -0.150. The number of nitrogens with one attached hydrogen (secondary N) is 1. The predicted molar refractivity (Wildman–Crippen MR) is 128 cm³/mol. The molecule has 0 aromatic heterocycles. The van der Waals surface area contributed by atoms with Crippen molar-refractivity contribution in [1.82, 2.24) is 5.32 Å². The van der Waals surface area contributed by atoms with Crippen LogP contribution in [0.25, 0.3) is 0 Å². The van der Waals surface area contributed by atoms with Crippen LogP contribution in [0.3, 0.4) is 0 Å². The molecule has 1 amide bonds. The first kappa shape index (κ1) is 26.9. The average molecular weight is 488 g/mol. The van der Waals surface area contributed by atoms with Gasteiger partial charge in [-0.3, -0.25) is 4.79 Å². The molecule has 0 aliphatic heterocycles. The van der Waals surface area contributed by atoms with E-state index in [0.29, 0.717) is 17.3 Å². The summed E-state index contributed by atoms with van der Waals surface area (Å²) in [6.45, 7) is 6.05. The lowest BCUT2D eigenvalue weighted by Crippen LogP contribution is -2.54. The van der Waals surface area contributed by atoms with Crippen molar-refractivity contribution < 1.29 is 33.4 Å². The van der Waals surface area contributed by atoms with Crippen molar-refractivity contribution in [2.45, 2.75) is 45.1 Å². The molecule has 0 aliphatic rings. The van der Waals surface area contributed by atoms with E-state index >= 15 is 0 Å². The molecule has 34 heavy (non-hydrogen) atoms. The van der Waals surface area contributed by atoms with Crippen LogP contribution in [0, 0.1) is 5.92 Å². The number of esters is 2. The number of thioether (sulfide) groups is 1. The lowest BCUT2D eigenvalue weighted by Gasteiger charge is -2.32. The van der Waals surface area contributed by atoms with Crippen molar-refractivity contribution in [2.75, 3.05) is 6.79 Å². The van der Waals surface area contributed by atoms with Crippen LogP contribution in [-0.4, -0.2) is 40.7 Å². The number of rotatable bonds is 10. The first-order chi connectivity index (χ1) is 16.1. The van der Waals surface area contributed by atoms with Crippen LogP contribution < -0.4 is 5.32 Å². The topological polar surface area (TPSA) is 108 Å². The Morgan fingerprint density at radius 1 is 0.882 bits per heavy atom. The summed E-state index contributed by atoms with van der Waals surface area (Å²) in [7, 11) is 0. The third-order valence-corrected chi connectivity index (χ3v) is 5.73. The quantitative estimate of drug-likeness (QED) is 0.390. The first-order valence-corrected chi connectivity index (χ1v) is 11.5. The smallest absolute Gasteiger partial charge is 0.370 e. The van der Waals surface area contributed by atoms with Gasteiger partial charge in [0.2, 0.25) is 12.7 Å². The van der Waals surface area contributed by atoms with Crippen LogP contribution in [0.4, 0.5) is 4.79 Å². The number of amides is 1. The van der Waals surface area contributed by atoms with Gasteiger partial charge in [0.15, 0.2) is 0 Å². The minimum absolute atomic E-state index is 0.0222. The van der Waals surface area contributed by atoms with Crippen LogP contribution in [-0.2, 0) is 30.4 Å². The Labute approximate surface area is 203 Å². The van der Waals surface area contributed by atoms with E-state index in [1.54, 1.807) is 58.0 Å². The summed E-state index contributed by atoms with van der Waals surface area (Å²) in [5.74, 6) is -2.06. The van der Waals surface area contributed by atoms with Crippen molar-refractivity contribution in [3.8, 4) is 0 Å². The highest BCUT2D eigenvalue weighted by atomic mass is 32.2. The number of ether oxygens (including phenoxy) is 3. The molecule has 0 radical (unpaired) electrons. The summed E-state index contributed by atoms with van der Waals surface area (Å²) in [5, 5.41) is 1.89. The highest BCUT2D eigenvalue weighted by molar-refractivity contribution is 8.14. The van der Waals surface area contributed by atoms with Crippen molar-refractivity contribution in [3.63, 3.8) is 0 Å². The first-order valence-electron chi connectivity index (χ1n) is 10.7. The van der Waals surface area contributed by atoms with Gasteiger partial charge in [-0.05, 0) is 43.3 Å². The Bertz CT molecular complexity index is 977. The molecule has 0 unspecified atom stereocenters. The number of hydrogen-bond donors (Lipinski definition) is 1. The lowest BCUT2D eigenvalue weighted by atomic mass is 10.0. The second kappa shape index (κ2) is 12.8. The molecule has 2 aromatic carbocycles. The zero-order valence-corrected chi connectivity index (χ0v) is 20.4. The van der Waals surface area contributed by atoms with Gasteiger partial charge < -0.3 is 19.5 Å². The van der Waals surface area contributed by atoms with E-state index in [2.05, 4.69) is 5.32 Å². The zero-order chi connectivity index (χ0) is 25.1. The molecule has 0 saturated carbocycles. The fourth-order valence-corrected chi connectivity index (χ4v) is 3.54. The van der Waals surface area contributed by atoms with E-state index < -0.39 is 34.8 Å². The van der Waals surface area contributed by atoms with Crippen LogP contribution in [0.2, 0.25) is 0 Å². The Balaban J connectivity index is 1.98. The van der Waals surface area contributed by atoms with E-state index in [1.165, 1.54) is 0 Å². The third kappa shape index (κ3) is 8.55. The van der Waals surface area contributed by atoms with Crippen molar-refractivity contribution in [3.05, 3.63) is 71.8 Å². The van der Waals surface area contributed by atoms with Gasteiger partial charge in [-0.15, -0.1) is 0 Å². The van der Waals surface area contributed by atoms with Crippen molar-refractivity contribution >= 4 is 34.9 Å². The molecule has 2 rings (SSSR count). The molecule has 2 aromatic rings. The highest BCUT2D eigenvalue weighted by Gasteiger charge is 2.41. The summed E-state index contributed by atoms with van der Waals surface area (Å²) in [6, 6.07) is 16.3. The normalized spacial score (nSPS) is 11.9. The molecule has 0 heterocycles. The molecule has 8 nitrogen and oxygen atoms in total. The zero-order valence-electron chi connectivity index (χ0n) is 19.6. The maximum Gasteiger partial charge on any atom is 0.370 e. The van der Waals surface area contributed by atoms with Crippen molar-refractivity contribution in [1.29, 1.82) is 0 Å². The van der Waals surface area contributed by atoms with Crippen LogP contribution in [0.5, 0.6) is 0 Å². The minimum Gasteiger partial charge on any atom is -0.459 e. The van der Waals surface area contributed by atoms with Gasteiger partial charge in [-0.1, -0.05) is 62.4 Å². The van der Waals surface area contributed by atoms with Crippen LogP contribution in [0.1, 0.15) is 43.6 Å². The standard InChI is InChI=1S/C25H29NO7S/c1-17(2)21(27)26-20(23(29)31-15-18-11-7-5-8-12-18)25(3,4)34-24(30)33-16-32-22(28)19-13-9-6-10-14-19/h5-14,17,20H,15-16H2,1-4H3,(H,26,27)/t20-/m0/s1. The maximum atomic E-state index is 12.9. The Morgan fingerprint density at radius 3 is 2.06 bits per heavy atom. The summed E-state index contributed by atoms with van der Waals surface area (Å²) < 4.78 is 14.2. The van der Waals surface area contributed by atoms with Gasteiger partial charge in [0.1, 0.15) is 12.6 Å². The molecule has 0 saturated heterocycles. The number of benzene rings is 2. The molecular weight excluding hydrogens is 458 g/mol. The van der Waals surface area contributed by atoms with Gasteiger partial charge in [-0.2, -0.15) is 0 Å². The second-order valence-corrected chi connectivity index (χ2v) is 9.79. The fraction of sp³-hybridized carbons (Fsp3) is 0.360. The van der Waals surface area contributed by atoms with E-state index in [9.17, 15) is 19.2 Å². The SMILES string of the molecule is CC(C)C(=O)N[C@@H](C(=O)OCc1ccccc1)C(C)(C)SC(=O)OCOC(=O)c1ccccc1. The molecule has 1 atom stereocenters. The maximum absolute atomic E-state index is 12.9.